The van der Waals surface area contributed by atoms with Gasteiger partial charge in [0.05, 0.1) is 0 Å². The SMILES string of the molecule is [N-]=[N+]=NCS(=O)(=O)N[C@@H](CCC(=O)O)C(=O)O. The summed E-state index contributed by atoms with van der Waals surface area (Å²) in [5, 5.41) is 19.8. The van der Waals surface area contributed by atoms with Gasteiger partial charge in [0, 0.05) is 11.3 Å². The highest BCUT2D eigenvalue weighted by Crippen LogP contribution is 2.01. The van der Waals surface area contributed by atoms with E-state index in [0.717, 1.165) is 0 Å². The summed E-state index contributed by atoms with van der Waals surface area (Å²) in [6, 6.07) is -1.56. The second kappa shape index (κ2) is 6.68. The van der Waals surface area contributed by atoms with Gasteiger partial charge in [-0.05, 0) is 12.0 Å². The van der Waals surface area contributed by atoms with Crippen LogP contribution in [0.4, 0.5) is 0 Å². The molecule has 0 radical (unpaired) electrons. The minimum atomic E-state index is -4.08. The lowest BCUT2D eigenvalue weighted by molar-refractivity contribution is -0.140. The Bertz CT molecular complexity index is 439. The van der Waals surface area contributed by atoms with Gasteiger partial charge < -0.3 is 10.2 Å². The third kappa shape index (κ3) is 7.11. The molecule has 0 aromatic heterocycles. The van der Waals surface area contributed by atoms with E-state index in [2.05, 4.69) is 10.0 Å². The third-order valence-corrected chi connectivity index (χ3v) is 2.66. The smallest absolute Gasteiger partial charge is 0.321 e. The van der Waals surface area contributed by atoms with Crippen LogP contribution in [-0.2, 0) is 19.6 Å². The normalized spacial score (nSPS) is 12.5. The molecule has 0 aliphatic heterocycles. The van der Waals surface area contributed by atoms with Crippen LogP contribution in [0.1, 0.15) is 12.8 Å². The zero-order valence-electron chi connectivity index (χ0n) is 8.48. The molecule has 0 amide bonds. The number of hydrogen-bond acceptors (Lipinski definition) is 5. The molecule has 0 aromatic carbocycles. The van der Waals surface area contributed by atoms with E-state index in [0.29, 0.717) is 0 Å². The number of azide groups is 1. The van der Waals surface area contributed by atoms with Gasteiger partial charge in [-0.3, -0.25) is 9.59 Å². The second-order valence-corrected chi connectivity index (χ2v) is 4.64. The minimum Gasteiger partial charge on any atom is -0.481 e. The number of nitrogens with zero attached hydrogens (tertiary/aromatic N) is 3. The van der Waals surface area contributed by atoms with Gasteiger partial charge in [-0.2, -0.15) is 0 Å². The van der Waals surface area contributed by atoms with Gasteiger partial charge in [0.2, 0.25) is 10.0 Å². The zero-order valence-corrected chi connectivity index (χ0v) is 9.29. The lowest BCUT2D eigenvalue weighted by Gasteiger charge is -2.12. The Morgan fingerprint density at radius 1 is 1.41 bits per heavy atom. The molecule has 10 nitrogen and oxygen atoms in total. The molecule has 0 aliphatic rings. The van der Waals surface area contributed by atoms with Crippen LogP contribution in [0.25, 0.3) is 10.4 Å². The molecule has 0 unspecified atom stereocenters. The van der Waals surface area contributed by atoms with E-state index >= 15 is 0 Å². The summed E-state index contributed by atoms with van der Waals surface area (Å²) >= 11 is 0. The number of rotatable bonds is 8. The molecule has 1 atom stereocenters. The van der Waals surface area contributed by atoms with Crippen LogP contribution in [0.3, 0.4) is 0 Å². The average Bonchev–Trinajstić information content (AvgIpc) is 2.20. The highest BCUT2D eigenvalue weighted by molar-refractivity contribution is 7.89. The van der Waals surface area contributed by atoms with Gasteiger partial charge in [0.25, 0.3) is 0 Å². The van der Waals surface area contributed by atoms with Crippen molar-refractivity contribution in [2.24, 2.45) is 5.11 Å². The fourth-order valence-electron chi connectivity index (χ4n) is 0.856. The number of hydrogen-bond donors (Lipinski definition) is 3. The Balaban J connectivity index is 4.59. The van der Waals surface area contributed by atoms with E-state index in [9.17, 15) is 18.0 Å². The maximum atomic E-state index is 11.2. The van der Waals surface area contributed by atoms with Crippen molar-refractivity contribution >= 4 is 22.0 Å². The number of carboxylic acids is 2. The zero-order chi connectivity index (χ0) is 13.5. The molecular weight excluding hydrogens is 256 g/mol. The fourth-order valence-corrected chi connectivity index (χ4v) is 1.79. The van der Waals surface area contributed by atoms with Crippen LogP contribution < -0.4 is 4.72 Å². The first-order valence-corrected chi connectivity index (χ1v) is 5.89. The molecule has 3 N–H and O–H groups in total. The highest BCUT2D eigenvalue weighted by atomic mass is 32.2. The van der Waals surface area contributed by atoms with Gasteiger partial charge in [-0.1, -0.05) is 5.11 Å². The molecule has 0 rings (SSSR count). The lowest BCUT2D eigenvalue weighted by atomic mass is 10.2. The largest absolute Gasteiger partial charge is 0.481 e. The molecule has 96 valence electrons. The van der Waals surface area contributed by atoms with Crippen LogP contribution in [-0.4, -0.2) is 42.5 Å². The summed E-state index contributed by atoms with van der Waals surface area (Å²) in [4.78, 5) is 23.1. The van der Waals surface area contributed by atoms with E-state index in [1.807, 2.05) is 0 Å². The standard InChI is InChI=1S/C6H10N4O6S/c7-10-8-3-17(15,16)9-4(6(13)14)1-2-5(11)12/h4,9H,1-3H2,(H,11,12)(H,13,14)/t4-/m0/s1. The van der Waals surface area contributed by atoms with Crippen molar-refractivity contribution in [1.29, 1.82) is 0 Å². The number of carboxylic acid groups (broad SMARTS) is 2. The number of sulfonamides is 1. The Morgan fingerprint density at radius 3 is 2.41 bits per heavy atom. The van der Waals surface area contributed by atoms with Crippen LogP contribution in [0.15, 0.2) is 5.11 Å². The molecule has 0 aliphatic carbocycles. The molecule has 11 heteroatoms. The maximum Gasteiger partial charge on any atom is 0.321 e. The van der Waals surface area contributed by atoms with Crippen LogP contribution in [0.5, 0.6) is 0 Å². The van der Waals surface area contributed by atoms with Crippen molar-refractivity contribution in [1.82, 2.24) is 4.72 Å². The van der Waals surface area contributed by atoms with Crippen molar-refractivity contribution in [3.63, 3.8) is 0 Å². The topological polar surface area (TPSA) is 170 Å². The number of aliphatic carboxylic acids is 2. The van der Waals surface area contributed by atoms with Gasteiger partial charge in [0.1, 0.15) is 11.9 Å². The second-order valence-electron chi connectivity index (χ2n) is 2.92. The first-order chi connectivity index (χ1) is 7.78. The molecule has 0 saturated heterocycles. The Kier molecular flexibility index (Phi) is 5.96. The summed E-state index contributed by atoms with van der Waals surface area (Å²) in [5.41, 5.74) is 7.92. The summed E-state index contributed by atoms with van der Waals surface area (Å²) in [6.45, 7) is 0. The van der Waals surface area contributed by atoms with Crippen LogP contribution >= 0.6 is 0 Å². The molecule has 0 fully saturated rings. The summed E-state index contributed by atoms with van der Waals surface area (Å²) in [6.07, 6.45) is -0.902. The average molecular weight is 266 g/mol. The molecule has 0 saturated carbocycles. The van der Waals surface area contributed by atoms with E-state index < -0.39 is 46.7 Å². The highest BCUT2D eigenvalue weighted by Gasteiger charge is 2.24. The predicted octanol–water partition coefficient (Wildman–Crippen LogP) is -0.508. The van der Waals surface area contributed by atoms with Gasteiger partial charge in [-0.25, -0.2) is 13.1 Å². The van der Waals surface area contributed by atoms with Gasteiger partial charge in [-0.15, -0.1) is 0 Å². The lowest BCUT2D eigenvalue weighted by Crippen LogP contribution is -2.41. The predicted molar refractivity (Wildman–Crippen MR) is 54.4 cm³/mol. The minimum absolute atomic E-state index is 0.403. The molecule has 17 heavy (non-hydrogen) atoms. The van der Waals surface area contributed by atoms with E-state index in [4.69, 9.17) is 15.7 Å². The van der Waals surface area contributed by atoms with Crippen molar-refractivity contribution in [2.45, 2.75) is 18.9 Å². The Hall–Kier alpha value is -1.84. The summed E-state index contributed by atoms with van der Waals surface area (Å²) in [5.74, 6) is -3.69. The van der Waals surface area contributed by atoms with Crippen LogP contribution in [0.2, 0.25) is 0 Å². The fraction of sp³-hybridized carbons (Fsp3) is 0.667. The summed E-state index contributed by atoms with van der Waals surface area (Å²) in [7, 11) is -4.08. The van der Waals surface area contributed by atoms with Gasteiger partial charge >= 0.3 is 11.9 Å². The first kappa shape index (κ1) is 15.2. The summed E-state index contributed by atoms with van der Waals surface area (Å²) < 4.78 is 24.1. The maximum absolute atomic E-state index is 11.2. The molecule has 0 bridgehead atoms. The molecule has 0 aromatic rings. The first-order valence-electron chi connectivity index (χ1n) is 4.24. The van der Waals surface area contributed by atoms with Gasteiger partial charge in [0.15, 0.2) is 0 Å². The number of carbonyl (C=O) groups is 2. The quantitative estimate of drug-likeness (QED) is 0.303. The van der Waals surface area contributed by atoms with Crippen molar-refractivity contribution in [3.05, 3.63) is 10.4 Å². The molecule has 0 spiro atoms. The van der Waals surface area contributed by atoms with Crippen molar-refractivity contribution in [2.75, 3.05) is 5.88 Å². The monoisotopic (exact) mass is 266 g/mol. The van der Waals surface area contributed by atoms with E-state index in [1.165, 1.54) is 0 Å². The van der Waals surface area contributed by atoms with Crippen LogP contribution in [0, 0.1) is 0 Å². The van der Waals surface area contributed by atoms with Crippen molar-refractivity contribution < 1.29 is 28.2 Å². The van der Waals surface area contributed by atoms with E-state index in [-0.39, 0.29) is 0 Å². The third-order valence-electron chi connectivity index (χ3n) is 1.56. The Labute approximate surface area is 95.9 Å². The Morgan fingerprint density at radius 2 is 2.00 bits per heavy atom. The molecular formula is C6H10N4O6S. The number of nitrogens with one attached hydrogen (secondary N) is 1. The molecule has 0 heterocycles. The van der Waals surface area contributed by atoms with Crippen molar-refractivity contribution in [3.8, 4) is 0 Å². The van der Waals surface area contributed by atoms with E-state index in [1.54, 1.807) is 4.72 Å².